The van der Waals surface area contributed by atoms with Gasteiger partial charge < -0.3 is 24.1 Å². The lowest BCUT2D eigenvalue weighted by Gasteiger charge is -2.28. The average Bonchev–Trinajstić information content (AvgIpc) is 3.60. The van der Waals surface area contributed by atoms with Crippen molar-refractivity contribution in [1.29, 1.82) is 0 Å². The van der Waals surface area contributed by atoms with Crippen LogP contribution in [-0.4, -0.2) is 72.7 Å². The number of nitrogens with zero attached hydrogens (tertiary/aromatic N) is 6. The van der Waals surface area contributed by atoms with Crippen molar-refractivity contribution in [1.82, 2.24) is 35.4 Å². The minimum atomic E-state index is -4.89. The van der Waals surface area contributed by atoms with Gasteiger partial charge in [-0.3, -0.25) is 9.48 Å². The molecule has 3 heterocycles. The van der Waals surface area contributed by atoms with Crippen LogP contribution < -0.4 is 10.1 Å². The number of likely N-dealkylation sites (tertiary alicyclic amines) is 1. The number of carbonyl (C=O) groups is 2. The minimum absolute atomic E-state index is 0.154. The van der Waals surface area contributed by atoms with Crippen LogP contribution in [0.3, 0.4) is 0 Å². The van der Waals surface area contributed by atoms with E-state index in [2.05, 4.69) is 37.1 Å². The highest BCUT2D eigenvalue weighted by Gasteiger charge is 2.39. The molecule has 12 nitrogen and oxygen atoms in total. The Kier molecular flexibility index (Phi) is 8.11. The number of rotatable bonds is 8. The van der Waals surface area contributed by atoms with Gasteiger partial charge in [-0.25, -0.2) is 4.79 Å². The Morgan fingerprint density at radius 3 is 2.67 bits per heavy atom. The van der Waals surface area contributed by atoms with E-state index in [1.807, 2.05) is 0 Å². The second kappa shape index (κ2) is 11.4. The van der Waals surface area contributed by atoms with Crippen LogP contribution in [0.1, 0.15) is 43.4 Å². The van der Waals surface area contributed by atoms with E-state index >= 15 is 0 Å². The highest BCUT2D eigenvalue weighted by molar-refractivity contribution is 5.90. The summed E-state index contributed by atoms with van der Waals surface area (Å²) >= 11 is 0. The van der Waals surface area contributed by atoms with Gasteiger partial charge >= 0.3 is 24.3 Å². The first kappa shape index (κ1) is 28.6. The molecular formula is C25H28F3N7O5. The molecule has 2 amide bonds. The molecule has 1 aliphatic heterocycles. The molecule has 0 radical (unpaired) electrons. The summed E-state index contributed by atoms with van der Waals surface area (Å²) in [7, 11) is 0. The van der Waals surface area contributed by atoms with Crippen LogP contribution in [0.5, 0.6) is 5.75 Å². The maximum absolute atomic E-state index is 13.0. The van der Waals surface area contributed by atoms with Crippen LogP contribution in [0.15, 0.2) is 47.7 Å². The van der Waals surface area contributed by atoms with Crippen molar-refractivity contribution >= 4 is 12.0 Å². The molecule has 3 aromatic rings. The number of halogens is 3. The number of nitrogens with one attached hydrogen (secondary N) is 1. The maximum Gasteiger partial charge on any atom is 0.573 e. The van der Waals surface area contributed by atoms with Gasteiger partial charge in [0.1, 0.15) is 11.4 Å². The van der Waals surface area contributed by atoms with Crippen LogP contribution in [0.4, 0.5) is 18.0 Å². The van der Waals surface area contributed by atoms with Crippen molar-refractivity contribution in [2.45, 2.75) is 64.2 Å². The SMILES string of the molecule is C=CCc1ccc(OC(F)(F)F)cc1-c1nnc(C(=O)NC2CC(Cn3ccnn3)N(C(=O)OC(C)(C)C)C2)o1. The summed E-state index contributed by atoms with van der Waals surface area (Å²) < 4.78 is 54.9. The van der Waals surface area contributed by atoms with Crippen LogP contribution in [0, 0.1) is 0 Å². The third kappa shape index (κ3) is 7.36. The molecule has 0 aliphatic carbocycles. The first-order valence-electron chi connectivity index (χ1n) is 12.3. The first-order valence-corrected chi connectivity index (χ1v) is 12.3. The summed E-state index contributed by atoms with van der Waals surface area (Å²) in [5.74, 6) is -1.75. The van der Waals surface area contributed by atoms with Crippen LogP contribution >= 0.6 is 0 Å². The minimum Gasteiger partial charge on any atom is -0.444 e. The fourth-order valence-electron chi connectivity index (χ4n) is 4.24. The third-order valence-corrected chi connectivity index (χ3v) is 5.78. The predicted octanol–water partition coefficient (Wildman–Crippen LogP) is 3.76. The van der Waals surface area contributed by atoms with Gasteiger partial charge in [0.05, 0.1) is 18.8 Å². The normalized spacial score (nSPS) is 17.5. The summed E-state index contributed by atoms with van der Waals surface area (Å²) in [6.45, 7) is 9.39. The van der Waals surface area contributed by atoms with Crippen LogP contribution in [-0.2, 0) is 17.7 Å². The zero-order valence-corrected chi connectivity index (χ0v) is 22.0. The van der Waals surface area contributed by atoms with Crippen molar-refractivity contribution in [2.24, 2.45) is 0 Å². The Bertz CT molecular complexity index is 1350. The zero-order chi connectivity index (χ0) is 29.1. The van der Waals surface area contributed by atoms with Gasteiger partial charge in [0.15, 0.2) is 0 Å². The number of benzene rings is 1. The van der Waals surface area contributed by atoms with Crippen molar-refractivity contribution in [3.05, 3.63) is 54.7 Å². The van der Waals surface area contributed by atoms with Gasteiger partial charge in [-0.1, -0.05) is 17.4 Å². The molecule has 2 aromatic heterocycles. The highest BCUT2D eigenvalue weighted by atomic mass is 19.4. The van der Waals surface area contributed by atoms with Crippen molar-refractivity contribution in [3.8, 4) is 17.2 Å². The molecule has 0 spiro atoms. The third-order valence-electron chi connectivity index (χ3n) is 5.78. The molecule has 214 valence electrons. The zero-order valence-electron chi connectivity index (χ0n) is 22.0. The smallest absolute Gasteiger partial charge is 0.444 e. The van der Waals surface area contributed by atoms with Crippen molar-refractivity contribution < 1.29 is 36.7 Å². The van der Waals surface area contributed by atoms with Gasteiger partial charge in [-0.05, 0) is 51.3 Å². The number of alkyl halides is 3. The van der Waals surface area contributed by atoms with E-state index in [0.717, 1.165) is 12.1 Å². The second-order valence-electron chi connectivity index (χ2n) is 10.1. The van der Waals surface area contributed by atoms with Crippen LogP contribution in [0.25, 0.3) is 11.5 Å². The Morgan fingerprint density at radius 2 is 2.02 bits per heavy atom. The second-order valence-corrected chi connectivity index (χ2v) is 10.1. The molecule has 0 saturated carbocycles. The molecule has 15 heteroatoms. The summed E-state index contributed by atoms with van der Waals surface area (Å²) in [5.41, 5.74) is -0.0125. The number of hydrogen-bond donors (Lipinski definition) is 1. The number of aromatic nitrogens is 5. The summed E-state index contributed by atoms with van der Waals surface area (Å²) in [6.07, 6.45) is -0.0198. The fraction of sp³-hybridized carbons (Fsp3) is 0.440. The Balaban J connectivity index is 1.50. The number of amides is 2. The maximum atomic E-state index is 13.0. The molecule has 1 N–H and O–H groups in total. The van der Waals surface area contributed by atoms with E-state index in [9.17, 15) is 22.8 Å². The topological polar surface area (TPSA) is 138 Å². The molecule has 4 rings (SSSR count). The first-order chi connectivity index (χ1) is 18.8. The Labute approximate surface area is 227 Å². The number of ether oxygens (including phenoxy) is 2. The van der Waals surface area contributed by atoms with Crippen LogP contribution in [0.2, 0.25) is 0 Å². The monoisotopic (exact) mass is 563 g/mol. The van der Waals surface area contributed by atoms with E-state index in [0.29, 0.717) is 24.9 Å². The summed E-state index contributed by atoms with van der Waals surface area (Å²) in [4.78, 5) is 27.4. The van der Waals surface area contributed by atoms with Crippen molar-refractivity contribution in [3.63, 3.8) is 0 Å². The number of allylic oxidation sites excluding steroid dienone is 1. The quantitative estimate of drug-likeness (QED) is 0.406. The molecule has 40 heavy (non-hydrogen) atoms. The lowest BCUT2D eigenvalue weighted by Crippen LogP contribution is -2.43. The standard InChI is InChI=1S/C25H28F3N7O5/c1-5-6-15-7-8-18(39-25(26,27)28)12-19(15)21-31-32-22(38-21)20(36)30-16-11-17(14-34-10-9-29-33-34)35(13-16)23(37)40-24(2,3)4/h5,7-10,12,16-17H,1,6,11,13-14H2,2-4H3,(H,30,36). The number of carbonyl (C=O) groups excluding carboxylic acids is 2. The lowest BCUT2D eigenvalue weighted by molar-refractivity contribution is -0.274. The predicted molar refractivity (Wildman–Crippen MR) is 133 cm³/mol. The molecule has 1 fully saturated rings. The highest BCUT2D eigenvalue weighted by Crippen LogP contribution is 2.31. The molecule has 2 atom stereocenters. The molecule has 1 saturated heterocycles. The Hall–Kier alpha value is -4.43. The lowest BCUT2D eigenvalue weighted by atomic mass is 10.0. The van der Waals surface area contributed by atoms with Gasteiger partial charge in [0.2, 0.25) is 5.89 Å². The average molecular weight is 564 g/mol. The van der Waals surface area contributed by atoms with Gasteiger partial charge in [0, 0.05) is 24.3 Å². The van der Waals surface area contributed by atoms with Gasteiger partial charge in [0.25, 0.3) is 0 Å². The fourth-order valence-corrected chi connectivity index (χ4v) is 4.24. The van der Waals surface area contributed by atoms with Crippen molar-refractivity contribution in [2.75, 3.05) is 6.54 Å². The van der Waals surface area contributed by atoms with Gasteiger partial charge in [-0.15, -0.1) is 35.0 Å². The molecule has 1 aromatic carbocycles. The molecule has 1 aliphatic rings. The molecular weight excluding hydrogens is 535 g/mol. The van der Waals surface area contributed by atoms with E-state index in [1.54, 1.807) is 37.7 Å². The molecule has 0 bridgehead atoms. The number of hydrogen-bond acceptors (Lipinski definition) is 9. The van der Waals surface area contributed by atoms with E-state index in [-0.39, 0.29) is 24.0 Å². The largest absolute Gasteiger partial charge is 0.573 e. The van der Waals surface area contributed by atoms with Gasteiger partial charge in [-0.2, -0.15) is 0 Å². The summed E-state index contributed by atoms with van der Waals surface area (Å²) in [5, 5.41) is 18.1. The Morgan fingerprint density at radius 1 is 1.25 bits per heavy atom. The molecule has 2 unspecified atom stereocenters. The summed E-state index contributed by atoms with van der Waals surface area (Å²) in [6, 6.07) is 2.85. The van der Waals surface area contributed by atoms with E-state index in [4.69, 9.17) is 9.15 Å². The van der Waals surface area contributed by atoms with E-state index in [1.165, 1.54) is 17.2 Å². The van der Waals surface area contributed by atoms with E-state index < -0.39 is 41.6 Å².